The number of hydrogen-bond donors (Lipinski definition) is 1. The number of piperidine rings is 3. The van der Waals surface area contributed by atoms with E-state index in [0.29, 0.717) is 12.0 Å². The number of anilines is 1. The first kappa shape index (κ1) is 14.0. The number of likely N-dealkylation sites (N-methyl/N-ethyl adjacent to an activating group) is 1. The zero-order valence-corrected chi connectivity index (χ0v) is 13.6. The Bertz CT molecular complexity index is 657. The molecule has 0 radical (unpaired) electrons. The lowest BCUT2D eigenvalue weighted by atomic mass is 9.83. The van der Waals surface area contributed by atoms with Gasteiger partial charge in [0.05, 0.1) is 5.00 Å². The fourth-order valence-corrected chi connectivity index (χ4v) is 4.71. The summed E-state index contributed by atoms with van der Waals surface area (Å²) in [6, 6.07) is 10.7. The number of fused-ring (bicyclic) bond motifs is 4. The van der Waals surface area contributed by atoms with Gasteiger partial charge in [-0.1, -0.05) is 18.2 Å². The molecular formula is C17H21N3OS. The van der Waals surface area contributed by atoms with Crippen LogP contribution in [0.25, 0.3) is 10.1 Å². The number of urea groups is 1. The highest BCUT2D eigenvalue weighted by atomic mass is 32.1. The van der Waals surface area contributed by atoms with E-state index in [0.717, 1.165) is 11.5 Å². The van der Waals surface area contributed by atoms with Gasteiger partial charge in [-0.2, -0.15) is 0 Å². The van der Waals surface area contributed by atoms with E-state index >= 15 is 0 Å². The maximum absolute atomic E-state index is 12.6. The van der Waals surface area contributed by atoms with Crippen LogP contribution in [0.4, 0.5) is 9.80 Å². The van der Waals surface area contributed by atoms with Gasteiger partial charge in [-0.15, -0.1) is 11.3 Å². The van der Waals surface area contributed by atoms with Crippen molar-refractivity contribution in [3.63, 3.8) is 0 Å². The molecule has 0 saturated carbocycles. The molecule has 3 saturated heterocycles. The Morgan fingerprint density at radius 1 is 1.32 bits per heavy atom. The van der Waals surface area contributed by atoms with E-state index in [1.807, 2.05) is 24.1 Å². The summed E-state index contributed by atoms with van der Waals surface area (Å²) in [7, 11) is 1.94. The minimum Gasteiger partial charge on any atom is -0.323 e. The third-order valence-electron chi connectivity index (χ3n) is 5.10. The first-order chi connectivity index (χ1) is 10.7. The van der Waals surface area contributed by atoms with E-state index in [-0.39, 0.29) is 6.03 Å². The Balaban J connectivity index is 1.47. The molecule has 116 valence electrons. The SMILES string of the molecule is CN(C(=O)Nc1cc2ccccc2s1)[C@H]1CN2CCC1CC2. The van der Waals surface area contributed by atoms with Crippen LogP contribution < -0.4 is 5.32 Å². The molecule has 1 aromatic heterocycles. The predicted octanol–water partition coefficient (Wildman–Crippen LogP) is 3.46. The Labute approximate surface area is 134 Å². The fraction of sp³-hybridized carbons (Fsp3) is 0.471. The van der Waals surface area contributed by atoms with Crippen molar-refractivity contribution in [2.45, 2.75) is 18.9 Å². The minimum atomic E-state index is 0.0188. The van der Waals surface area contributed by atoms with Crippen molar-refractivity contribution >= 4 is 32.5 Å². The summed E-state index contributed by atoms with van der Waals surface area (Å²) >= 11 is 1.64. The lowest BCUT2D eigenvalue weighted by Gasteiger charge is -2.47. The van der Waals surface area contributed by atoms with Crippen molar-refractivity contribution in [3.8, 4) is 0 Å². The average molecular weight is 315 g/mol. The molecule has 3 aliphatic rings. The molecule has 5 heteroatoms. The van der Waals surface area contributed by atoms with Gasteiger partial charge in [0.15, 0.2) is 0 Å². The van der Waals surface area contributed by atoms with E-state index in [2.05, 4.69) is 28.4 Å². The summed E-state index contributed by atoms with van der Waals surface area (Å²) in [5.74, 6) is 0.670. The summed E-state index contributed by atoms with van der Waals surface area (Å²) in [6.45, 7) is 3.43. The number of carbonyl (C=O) groups excluding carboxylic acids is 1. The van der Waals surface area contributed by atoms with Gasteiger partial charge in [0.1, 0.15) is 0 Å². The number of benzene rings is 1. The van der Waals surface area contributed by atoms with Crippen LogP contribution in [0.15, 0.2) is 30.3 Å². The summed E-state index contributed by atoms with van der Waals surface area (Å²) in [5.41, 5.74) is 0. The highest BCUT2D eigenvalue weighted by Crippen LogP contribution is 2.32. The van der Waals surface area contributed by atoms with Crippen molar-refractivity contribution < 1.29 is 4.79 Å². The number of hydrogen-bond acceptors (Lipinski definition) is 3. The lowest BCUT2D eigenvalue weighted by molar-refractivity contribution is 0.0336. The molecule has 22 heavy (non-hydrogen) atoms. The second-order valence-electron chi connectivity index (χ2n) is 6.39. The molecule has 2 amide bonds. The summed E-state index contributed by atoms with van der Waals surface area (Å²) in [6.07, 6.45) is 2.45. The maximum atomic E-state index is 12.6. The second kappa shape index (κ2) is 5.56. The van der Waals surface area contributed by atoms with Gasteiger partial charge in [-0.25, -0.2) is 4.79 Å². The number of carbonyl (C=O) groups is 1. The molecule has 4 heterocycles. The van der Waals surface area contributed by atoms with Crippen LogP contribution >= 0.6 is 11.3 Å². The molecule has 5 rings (SSSR count). The highest BCUT2D eigenvalue weighted by Gasteiger charge is 2.37. The topological polar surface area (TPSA) is 35.6 Å². The van der Waals surface area contributed by atoms with Crippen LogP contribution in [0.5, 0.6) is 0 Å². The third-order valence-corrected chi connectivity index (χ3v) is 6.13. The van der Waals surface area contributed by atoms with Crippen LogP contribution in [0.3, 0.4) is 0 Å². The second-order valence-corrected chi connectivity index (χ2v) is 7.48. The summed E-state index contributed by atoms with van der Waals surface area (Å²) < 4.78 is 1.21. The van der Waals surface area contributed by atoms with Crippen molar-refractivity contribution in [3.05, 3.63) is 30.3 Å². The standard InChI is InChI=1S/C17H21N3OS/c1-19(14-11-20-8-6-12(14)7-9-20)17(21)18-16-10-13-4-2-3-5-15(13)22-16/h2-5,10,12,14H,6-9,11H2,1H3,(H,18,21)/t14-/m0/s1. The van der Waals surface area contributed by atoms with Crippen LogP contribution in [-0.4, -0.2) is 48.6 Å². The average Bonchev–Trinajstić information content (AvgIpc) is 2.97. The van der Waals surface area contributed by atoms with Gasteiger partial charge in [-0.3, -0.25) is 5.32 Å². The van der Waals surface area contributed by atoms with Crippen LogP contribution in [0.2, 0.25) is 0 Å². The molecule has 2 aromatic rings. The molecule has 1 N–H and O–H groups in total. The molecule has 2 bridgehead atoms. The molecule has 0 aliphatic carbocycles. The van der Waals surface area contributed by atoms with Gasteiger partial charge in [-0.05, 0) is 49.4 Å². The van der Waals surface area contributed by atoms with Crippen molar-refractivity contribution in [1.29, 1.82) is 0 Å². The number of thiophene rings is 1. The van der Waals surface area contributed by atoms with E-state index in [9.17, 15) is 4.79 Å². The van der Waals surface area contributed by atoms with Crippen LogP contribution in [0, 0.1) is 5.92 Å². The summed E-state index contributed by atoms with van der Waals surface area (Å²) in [4.78, 5) is 17.0. The first-order valence-corrected chi connectivity index (χ1v) is 8.77. The van der Waals surface area contributed by atoms with Crippen molar-refractivity contribution in [2.75, 3.05) is 32.0 Å². The monoisotopic (exact) mass is 315 g/mol. The minimum absolute atomic E-state index is 0.0188. The lowest BCUT2D eigenvalue weighted by Crippen LogP contribution is -2.58. The van der Waals surface area contributed by atoms with Gasteiger partial charge < -0.3 is 9.80 Å². The summed E-state index contributed by atoms with van der Waals surface area (Å²) in [5, 5.41) is 5.19. The molecular weight excluding hydrogens is 294 g/mol. The number of rotatable bonds is 2. The number of amides is 2. The first-order valence-electron chi connectivity index (χ1n) is 7.95. The molecule has 0 spiro atoms. The van der Waals surface area contributed by atoms with Crippen molar-refractivity contribution in [1.82, 2.24) is 9.80 Å². The van der Waals surface area contributed by atoms with Gasteiger partial charge in [0.25, 0.3) is 0 Å². The number of nitrogens with one attached hydrogen (secondary N) is 1. The molecule has 3 fully saturated rings. The van der Waals surface area contributed by atoms with Crippen LogP contribution in [-0.2, 0) is 0 Å². The molecule has 3 aliphatic heterocycles. The van der Waals surface area contributed by atoms with Crippen LogP contribution in [0.1, 0.15) is 12.8 Å². The Morgan fingerprint density at radius 3 is 2.77 bits per heavy atom. The Kier molecular flexibility index (Phi) is 3.54. The predicted molar refractivity (Wildman–Crippen MR) is 91.6 cm³/mol. The highest BCUT2D eigenvalue weighted by molar-refractivity contribution is 7.22. The molecule has 0 unspecified atom stereocenters. The molecule has 4 nitrogen and oxygen atoms in total. The smallest absolute Gasteiger partial charge is 0.322 e. The Hall–Kier alpha value is -1.59. The van der Waals surface area contributed by atoms with Gasteiger partial charge in [0, 0.05) is 24.3 Å². The Morgan fingerprint density at radius 2 is 2.09 bits per heavy atom. The zero-order chi connectivity index (χ0) is 15.1. The fourth-order valence-electron chi connectivity index (χ4n) is 3.76. The van der Waals surface area contributed by atoms with Gasteiger partial charge in [0.2, 0.25) is 0 Å². The normalized spacial score (nSPS) is 27.0. The maximum Gasteiger partial charge on any atom is 0.322 e. The van der Waals surface area contributed by atoms with E-state index < -0.39 is 0 Å². The van der Waals surface area contributed by atoms with E-state index in [1.165, 1.54) is 36.0 Å². The number of nitrogens with zero attached hydrogens (tertiary/aromatic N) is 2. The van der Waals surface area contributed by atoms with Gasteiger partial charge >= 0.3 is 6.03 Å². The quantitative estimate of drug-likeness (QED) is 0.921. The van der Waals surface area contributed by atoms with E-state index in [4.69, 9.17) is 0 Å². The third kappa shape index (κ3) is 2.48. The largest absolute Gasteiger partial charge is 0.323 e. The van der Waals surface area contributed by atoms with Crippen molar-refractivity contribution in [2.24, 2.45) is 5.92 Å². The van der Waals surface area contributed by atoms with E-state index in [1.54, 1.807) is 11.3 Å². The molecule has 1 aromatic carbocycles. The molecule has 1 atom stereocenters. The zero-order valence-electron chi connectivity index (χ0n) is 12.8.